The Kier molecular flexibility index (Phi) is 6.94. The van der Waals surface area contributed by atoms with Gasteiger partial charge in [-0.2, -0.15) is 13.2 Å². The van der Waals surface area contributed by atoms with Gasteiger partial charge >= 0.3 is 6.18 Å². The summed E-state index contributed by atoms with van der Waals surface area (Å²) in [5.41, 5.74) is 6.31. The summed E-state index contributed by atoms with van der Waals surface area (Å²) in [6.45, 7) is 1.54. The fourth-order valence-corrected chi connectivity index (χ4v) is 5.80. The Morgan fingerprint density at radius 2 is 1.85 bits per heavy atom. The number of nitrogens with two attached hydrogens (primary N) is 1. The lowest BCUT2D eigenvalue weighted by Crippen LogP contribution is -2.24. The number of thioether (sulfide) groups is 1. The lowest BCUT2D eigenvalue weighted by molar-refractivity contribution is -0.141. The first-order chi connectivity index (χ1) is 16.1. The Morgan fingerprint density at radius 1 is 1.15 bits per heavy atom. The lowest BCUT2D eigenvalue weighted by atomic mass is 9.95. The second kappa shape index (κ2) is 9.75. The number of thiophene rings is 1. The third-order valence-electron chi connectivity index (χ3n) is 5.37. The van der Waals surface area contributed by atoms with Gasteiger partial charge in [-0.3, -0.25) is 9.59 Å². The summed E-state index contributed by atoms with van der Waals surface area (Å²) >= 11 is 2.14. The van der Waals surface area contributed by atoms with Crippen LogP contribution in [0, 0.1) is 0 Å². The number of fused-ring (bicyclic) bond motifs is 1. The minimum Gasteiger partial charge on any atom is -0.365 e. The fourth-order valence-electron chi connectivity index (χ4n) is 3.72. The van der Waals surface area contributed by atoms with Crippen LogP contribution >= 0.6 is 23.1 Å². The summed E-state index contributed by atoms with van der Waals surface area (Å²) < 4.78 is 40.4. The zero-order valence-corrected chi connectivity index (χ0v) is 19.7. The smallest absolute Gasteiger partial charge is 0.365 e. The molecule has 34 heavy (non-hydrogen) atoms. The van der Waals surface area contributed by atoms with Gasteiger partial charge in [0.2, 0.25) is 5.91 Å². The number of carbonyl (C=O) groups is 2. The van der Waals surface area contributed by atoms with Crippen LogP contribution in [0.1, 0.15) is 46.3 Å². The minimum absolute atomic E-state index is 0.111. The summed E-state index contributed by atoms with van der Waals surface area (Å²) in [4.78, 5) is 33.8. The molecule has 0 radical (unpaired) electrons. The summed E-state index contributed by atoms with van der Waals surface area (Å²) in [7, 11) is 0. The van der Waals surface area contributed by atoms with Crippen LogP contribution in [-0.4, -0.2) is 27.0 Å². The number of aryl methyl sites for hydroxylation is 1. The van der Waals surface area contributed by atoms with E-state index in [9.17, 15) is 22.8 Å². The Bertz CT molecular complexity index is 1230. The predicted octanol–water partition coefficient (Wildman–Crippen LogP) is 5.32. The van der Waals surface area contributed by atoms with Gasteiger partial charge in [-0.05, 0) is 44.2 Å². The van der Waals surface area contributed by atoms with Crippen molar-refractivity contribution in [2.75, 3.05) is 5.32 Å². The van der Waals surface area contributed by atoms with Crippen molar-refractivity contribution in [1.82, 2.24) is 9.97 Å². The summed E-state index contributed by atoms with van der Waals surface area (Å²) in [5, 5.41) is 2.13. The van der Waals surface area contributed by atoms with Crippen LogP contribution in [0.2, 0.25) is 0 Å². The Labute approximate surface area is 202 Å². The van der Waals surface area contributed by atoms with Crippen molar-refractivity contribution in [3.05, 3.63) is 58.1 Å². The molecule has 1 atom stereocenters. The Morgan fingerprint density at radius 3 is 2.53 bits per heavy atom. The van der Waals surface area contributed by atoms with Gasteiger partial charge in [-0.1, -0.05) is 42.1 Å². The SMILES string of the molecule is C[C@H](Sc1nc(-c2ccccc2)cc(C(F)(F)F)n1)C(=O)Nc1sc2c(c1C(N)=O)CCCC2. The number of amides is 2. The van der Waals surface area contributed by atoms with Gasteiger partial charge in [0, 0.05) is 10.4 Å². The minimum atomic E-state index is -4.67. The van der Waals surface area contributed by atoms with Crippen LogP contribution in [0.4, 0.5) is 18.2 Å². The molecule has 6 nitrogen and oxygen atoms in total. The molecular formula is C23H21F3N4O2S2. The van der Waals surface area contributed by atoms with E-state index in [4.69, 9.17) is 5.73 Å². The van der Waals surface area contributed by atoms with E-state index < -0.39 is 28.9 Å². The van der Waals surface area contributed by atoms with Gasteiger partial charge in [-0.15, -0.1) is 11.3 Å². The van der Waals surface area contributed by atoms with Gasteiger partial charge < -0.3 is 11.1 Å². The average Bonchev–Trinajstić information content (AvgIpc) is 3.17. The van der Waals surface area contributed by atoms with Gasteiger partial charge in [0.1, 0.15) is 10.7 Å². The second-order valence-corrected chi connectivity index (χ2v) is 10.2. The number of carbonyl (C=O) groups excluding carboxylic acids is 2. The summed E-state index contributed by atoms with van der Waals surface area (Å²) in [6, 6.07) is 9.34. The normalized spacial score (nSPS) is 14.4. The second-order valence-electron chi connectivity index (χ2n) is 7.81. The highest BCUT2D eigenvalue weighted by Gasteiger charge is 2.34. The molecule has 0 bridgehead atoms. The van der Waals surface area contributed by atoms with Crippen LogP contribution in [-0.2, 0) is 23.8 Å². The van der Waals surface area contributed by atoms with Crippen molar-refractivity contribution in [3.63, 3.8) is 0 Å². The number of primary amides is 1. The van der Waals surface area contributed by atoms with Gasteiger partial charge in [0.05, 0.1) is 16.5 Å². The molecule has 0 unspecified atom stereocenters. The number of hydrogen-bond acceptors (Lipinski definition) is 6. The number of rotatable bonds is 6. The third-order valence-corrected chi connectivity index (χ3v) is 7.54. The molecule has 11 heteroatoms. The lowest BCUT2D eigenvalue weighted by Gasteiger charge is -2.14. The van der Waals surface area contributed by atoms with E-state index in [-0.39, 0.29) is 10.9 Å². The maximum Gasteiger partial charge on any atom is 0.433 e. The molecule has 1 aliphatic carbocycles. The molecule has 2 amide bonds. The monoisotopic (exact) mass is 506 g/mol. The molecule has 0 saturated carbocycles. The van der Waals surface area contributed by atoms with Crippen molar-refractivity contribution in [3.8, 4) is 11.3 Å². The molecule has 0 aliphatic heterocycles. The van der Waals surface area contributed by atoms with Gasteiger partial charge in [-0.25, -0.2) is 9.97 Å². The average molecular weight is 507 g/mol. The fraction of sp³-hybridized carbons (Fsp3) is 0.304. The third kappa shape index (κ3) is 5.25. The standard InChI is InChI=1S/C23H21F3N4O2S2/c1-12(20(32)30-21-18(19(27)31)14-9-5-6-10-16(14)34-21)33-22-28-15(13-7-3-2-4-8-13)11-17(29-22)23(24,25)26/h2-4,7-8,11-12H,5-6,9-10H2,1H3,(H2,27,31)(H,30,32)/t12-/m0/s1. The summed E-state index contributed by atoms with van der Waals surface area (Å²) in [5.74, 6) is -1.09. The van der Waals surface area contributed by atoms with Gasteiger partial charge in [0.25, 0.3) is 5.91 Å². The molecule has 0 fully saturated rings. The summed E-state index contributed by atoms with van der Waals surface area (Å²) in [6.07, 6.45) is -1.17. The largest absolute Gasteiger partial charge is 0.433 e. The first-order valence-electron chi connectivity index (χ1n) is 10.6. The number of anilines is 1. The van der Waals surface area contributed by atoms with E-state index in [1.165, 1.54) is 11.3 Å². The zero-order valence-electron chi connectivity index (χ0n) is 18.1. The number of alkyl halides is 3. The number of hydrogen-bond donors (Lipinski definition) is 2. The van der Waals surface area contributed by atoms with Crippen LogP contribution in [0.15, 0.2) is 41.6 Å². The highest BCUT2D eigenvalue weighted by Crippen LogP contribution is 2.38. The number of halogens is 3. The van der Waals surface area contributed by atoms with E-state index in [1.807, 2.05) is 0 Å². The van der Waals surface area contributed by atoms with Crippen molar-refractivity contribution in [2.24, 2.45) is 5.73 Å². The molecule has 1 aromatic carbocycles. The van der Waals surface area contributed by atoms with E-state index >= 15 is 0 Å². The molecule has 3 aromatic rings. The van der Waals surface area contributed by atoms with E-state index in [0.29, 0.717) is 16.1 Å². The highest BCUT2D eigenvalue weighted by molar-refractivity contribution is 8.00. The Balaban J connectivity index is 1.58. The maximum absolute atomic E-state index is 13.5. The molecule has 2 heterocycles. The number of aromatic nitrogens is 2. The molecule has 2 aromatic heterocycles. The maximum atomic E-state index is 13.5. The van der Waals surface area contributed by atoms with Crippen molar-refractivity contribution < 1.29 is 22.8 Å². The molecule has 0 spiro atoms. The van der Waals surface area contributed by atoms with Crippen molar-refractivity contribution >= 4 is 39.9 Å². The molecule has 0 saturated heterocycles. The van der Waals surface area contributed by atoms with Crippen LogP contribution in [0.5, 0.6) is 0 Å². The van der Waals surface area contributed by atoms with Gasteiger partial charge in [0.15, 0.2) is 5.16 Å². The van der Waals surface area contributed by atoms with E-state index in [1.54, 1.807) is 37.3 Å². The number of nitrogens with one attached hydrogen (secondary N) is 1. The number of benzene rings is 1. The first-order valence-corrected chi connectivity index (χ1v) is 12.3. The van der Waals surface area contributed by atoms with E-state index in [2.05, 4.69) is 15.3 Å². The molecule has 3 N–H and O–H groups in total. The predicted molar refractivity (Wildman–Crippen MR) is 126 cm³/mol. The van der Waals surface area contributed by atoms with Crippen LogP contribution < -0.4 is 11.1 Å². The van der Waals surface area contributed by atoms with Crippen LogP contribution in [0.3, 0.4) is 0 Å². The first kappa shape index (κ1) is 24.2. The van der Waals surface area contributed by atoms with Crippen LogP contribution in [0.25, 0.3) is 11.3 Å². The number of nitrogens with zero attached hydrogens (tertiary/aromatic N) is 2. The Hall–Kier alpha value is -2.92. The molecule has 1 aliphatic rings. The topological polar surface area (TPSA) is 98.0 Å². The molecular weight excluding hydrogens is 485 g/mol. The van der Waals surface area contributed by atoms with Crippen molar-refractivity contribution in [1.29, 1.82) is 0 Å². The quantitative estimate of drug-likeness (QED) is 0.348. The highest BCUT2D eigenvalue weighted by atomic mass is 32.2. The van der Waals surface area contributed by atoms with E-state index in [0.717, 1.165) is 54.0 Å². The zero-order chi connectivity index (χ0) is 24.5. The molecule has 178 valence electrons. The van der Waals surface area contributed by atoms with Crippen molar-refractivity contribution in [2.45, 2.75) is 49.2 Å². The molecule has 4 rings (SSSR count).